The quantitative estimate of drug-likeness (QED) is 0.907. The van der Waals surface area contributed by atoms with Gasteiger partial charge in [0.1, 0.15) is 5.52 Å². The van der Waals surface area contributed by atoms with Crippen LogP contribution >= 0.6 is 11.6 Å². The van der Waals surface area contributed by atoms with Gasteiger partial charge in [-0.25, -0.2) is 15.0 Å². The standard InChI is InChI=1S/C12H14ClN3O3/c1-7(2)6-19-12(18)15-16-10-8(13)4-3-5-9(10)14-11(16)17/h3-5,7H,6H2,1-2H3,(H,14,17)(H,15,18). The van der Waals surface area contributed by atoms with E-state index in [4.69, 9.17) is 16.3 Å². The molecule has 1 heterocycles. The van der Waals surface area contributed by atoms with Crippen molar-refractivity contribution in [2.24, 2.45) is 5.92 Å². The van der Waals surface area contributed by atoms with Crippen LogP contribution < -0.4 is 11.1 Å². The predicted molar refractivity (Wildman–Crippen MR) is 73.1 cm³/mol. The number of hydrogen-bond donors (Lipinski definition) is 2. The number of amides is 1. The van der Waals surface area contributed by atoms with Crippen LogP contribution in [0.4, 0.5) is 4.79 Å². The molecule has 0 aliphatic heterocycles. The number of nitrogens with one attached hydrogen (secondary N) is 2. The number of carbonyl (C=O) groups is 1. The van der Waals surface area contributed by atoms with Crippen LogP contribution in [0.5, 0.6) is 0 Å². The second-order valence-corrected chi connectivity index (χ2v) is 4.91. The Labute approximate surface area is 114 Å². The highest BCUT2D eigenvalue weighted by Crippen LogP contribution is 2.19. The average molecular weight is 284 g/mol. The zero-order chi connectivity index (χ0) is 14.0. The summed E-state index contributed by atoms with van der Waals surface area (Å²) in [5.41, 5.74) is 2.83. The lowest BCUT2D eigenvalue weighted by Gasteiger charge is -2.09. The van der Waals surface area contributed by atoms with Crippen LogP contribution in [0, 0.1) is 5.92 Å². The molecule has 1 aromatic heterocycles. The van der Waals surface area contributed by atoms with Gasteiger partial charge in [-0.2, -0.15) is 4.68 Å². The molecule has 2 rings (SSSR count). The van der Waals surface area contributed by atoms with Gasteiger partial charge in [-0.3, -0.25) is 0 Å². The molecule has 2 N–H and O–H groups in total. The number of ether oxygens (including phenoxy) is 1. The zero-order valence-electron chi connectivity index (χ0n) is 10.6. The molecular formula is C12H14ClN3O3. The minimum Gasteiger partial charge on any atom is -0.448 e. The van der Waals surface area contributed by atoms with Crippen molar-refractivity contribution in [1.29, 1.82) is 0 Å². The second-order valence-electron chi connectivity index (χ2n) is 4.51. The smallest absolute Gasteiger partial charge is 0.426 e. The fraction of sp³-hybridized carbons (Fsp3) is 0.333. The number of rotatable bonds is 3. The SMILES string of the molecule is CC(C)COC(=O)Nn1c(=O)[nH]c2cccc(Cl)c21. The molecule has 0 unspecified atom stereocenters. The third-order valence-electron chi connectivity index (χ3n) is 2.41. The molecule has 6 nitrogen and oxygen atoms in total. The first kappa shape index (κ1) is 13.5. The Balaban J connectivity index is 2.28. The molecule has 0 atom stereocenters. The maximum absolute atomic E-state index is 11.7. The molecule has 19 heavy (non-hydrogen) atoms. The molecule has 0 bridgehead atoms. The summed E-state index contributed by atoms with van der Waals surface area (Å²) in [5.74, 6) is 0.217. The van der Waals surface area contributed by atoms with Crippen LogP contribution in [0.25, 0.3) is 11.0 Å². The lowest BCUT2D eigenvalue weighted by molar-refractivity contribution is 0.144. The summed E-state index contributed by atoms with van der Waals surface area (Å²) in [7, 11) is 0. The molecule has 7 heteroatoms. The van der Waals surface area contributed by atoms with Gasteiger partial charge in [-0.05, 0) is 18.1 Å². The summed E-state index contributed by atoms with van der Waals surface area (Å²) in [5, 5.41) is 0.361. The van der Waals surface area contributed by atoms with E-state index in [2.05, 4.69) is 10.4 Å². The number of H-pyrrole nitrogens is 1. The largest absolute Gasteiger partial charge is 0.448 e. The number of fused-ring (bicyclic) bond motifs is 1. The van der Waals surface area contributed by atoms with Crippen molar-refractivity contribution < 1.29 is 9.53 Å². The number of imidazole rings is 1. The maximum Gasteiger partial charge on any atom is 0.426 e. The highest BCUT2D eigenvalue weighted by atomic mass is 35.5. The summed E-state index contributed by atoms with van der Waals surface area (Å²) in [6.07, 6.45) is -0.698. The Kier molecular flexibility index (Phi) is 3.80. The van der Waals surface area contributed by atoms with E-state index in [9.17, 15) is 9.59 Å². The molecule has 0 saturated carbocycles. The third-order valence-corrected chi connectivity index (χ3v) is 2.71. The van der Waals surface area contributed by atoms with Crippen molar-refractivity contribution >= 4 is 28.7 Å². The molecule has 0 fully saturated rings. The van der Waals surface area contributed by atoms with Gasteiger partial charge >= 0.3 is 11.8 Å². The van der Waals surface area contributed by atoms with E-state index in [0.29, 0.717) is 16.1 Å². The molecule has 0 aliphatic carbocycles. The van der Waals surface area contributed by atoms with Crippen molar-refractivity contribution in [3.63, 3.8) is 0 Å². The highest BCUT2D eigenvalue weighted by Gasteiger charge is 2.13. The number of para-hydroxylation sites is 1. The average Bonchev–Trinajstić information content (AvgIpc) is 2.65. The number of halogens is 1. The first-order valence-corrected chi connectivity index (χ1v) is 6.20. The second kappa shape index (κ2) is 5.36. The lowest BCUT2D eigenvalue weighted by Crippen LogP contribution is -2.32. The molecule has 1 aromatic carbocycles. The van der Waals surface area contributed by atoms with Crippen LogP contribution in [0.2, 0.25) is 5.02 Å². The van der Waals surface area contributed by atoms with Crippen molar-refractivity contribution in [1.82, 2.24) is 9.66 Å². The van der Waals surface area contributed by atoms with E-state index in [-0.39, 0.29) is 12.5 Å². The molecule has 0 spiro atoms. The van der Waals surface area contributed by atoms with E-state index in [1.54, 1.807) is 18.2 Å². The number of benzene rings is 1. The highest BCUT2D eigenvalue weighted by molar-refractivity contribution is 6.35. The van der Waals surface area contributed by atoms with Gasteiger partial charge in [0.15, 0.2) is 0 Å². The first-order chi connectivity index (χ1) is 8.99. The van der Waals surface area contributed by atoms with E-state index >= 15 is 0 Å². The van der Waals surface area contributed by atoms with Crippen molar-refractivity contribution in [3.8, 4) is 0 Å². The monoisotopic (exact) mass is 283 g/mol. The van der Waals surface area contributed by atoms with Crippen LogP contribution in [-0.4, -0.2) is 22.4 Å². The van der Waals surface area contributed by atoms with Gasteiger partial charge in [0, 0.05) is 0 Å². The first-order valence-electron chi connectivity index (χ1n) is 5.82. The normalized spacial score (nSPS) is 10.9. The minimum atomic E-state index is -0.698. The topological polar surface area (TPSA) is 76.1 Å². The van der Waals surface area contributed by atoms with E-state index < -0.39 is 11.8 Å². The molecule has 0 radical (unpaired) electrons. The Morgan fingerprint density at radius 3 is 2.95 bits per heavy atom. The Morgan fingerprint density at radius 1 is 1.53 bits per heavy atom. The number of hydrogen-bond acceptors (Lipinski definition) is 3. The molecule has 1 amide bonds. The molecule has 0 aliphatic rings. The molecular weight excluding hydrogens is 270 g/mol. The summed E-state index contributed by atoms with van der Waals surface area (Å²) in [4.78, 5) is 25.9. The van der Waals surface area contributed by atoms with Crippen LogP contribution in [0.3, 0.4) is 0 Å². The van der Waals surface area contributed by atoms with Crippen molar-refractivity contribution in [3.05, 3.63) is 33.7 Å². The van der Waals surface area contributed by atoms with Gasteiger partial charge < -0.3 is 9.72 Å². The molecule has 2 aromatic rings. The summed E-state index contributed by atoms with van der Waals surface area (Å²) < 4.78 is 6.00. The maximum atomic E-state index is 11.7. The fourth-order valence-corrected chi connectivity index (χ4v) is 1.85. The fourth-order valence-electron chi connectivity index (χ4n) is 1.59. The zero-order valence-corrected chi connectivity index (χ0v) is 11.3. The van der Waals surface area contributed by atoms with Crippen LogP contribution in [-0.2, 0) is 4.74 Å². The summed E-state index contributed by atoms with van der Waals surface area (Å²) in [6, 6.07) is 5.04. The summed E-state index contributed by atoms with van der Waals surface area (Å²) >= 11 is 6.01. The van der Waals surface area contributed by atoms with Crippen LogP contribution in [0.1, 0.15) is 13.8 Å². The van der Waals surface area contributed by atoms with Gasteiger partial charge in [0.25, 0.3) is 0 Å². The molecule has 102 valence electrons. The number of carbonyl (C=O) groups excluding carboxylic acids is 1. The van der Waals surface area contributed by atoms with Gasteiger partial charge in [-0.15, -0.1) is 0 Å². The predicted octanol–water partition coefficient (Wildman–Crippen LogP) is 2.32. The van der Waals surface area contributed by atoms with E-state index in [1.807, 2.05) is 13.8 Å². The Hall–Kier alpha value is -1.95. The number of nitrogens with zero attached hydrogens (tertiary/aromatic N) is 1. The van der Waals surface area contributed by atoms with Gasteiger partial charge in [0.05, 0.1) is 17.1 Å². The van der Waals surface area contributed by atoms with Crippen molar-refractivity contribution in [2.75, 3.05) is 12.0 Å². The third kappa shape index (κ3) is 2.90. The Morgan fingerprint density at radius 2 is 2.26 bits per heavy atom. The Bertz CT molecular complexity index is 660. The van der Waals surface area contributed by atoms with Gasteiger partial charge in [0.2, 0.25) is 0 Å². The van der Waals surface area contributed by atoms with E-state index in [0.717, 1.165) is 4.68 Å². The van der Waals surface area contributed by atoms with Crippen molar-refractivity contribution in [2.45, 2.75) is 13.8 Å². The molecule has 0 saturated heterocycles. The lowest BCUT2D eigenvalue weighted by atomic mass is 10.2. The summed E-state index contributed by atoms with van der Waals surface area (Å²) in [6.45, 7) is 4.11. The minimum absolute atomic E-state index is 0.217. The van der Waals surface area contributed by atoms with Crippen LogP contribution in [0.15, 0.2) is 23.0 Å². The van der Waals surface area contributed by atoms with E-state index in [1.165, 1.54) is 0 Å². The number of aromatic nitrogens is 2. The number of aromatic amines is 1. The van der Waals surface area contributed by atoms with Gasteiger partial charge in [-0.1, -0.05) is 31.5 Å².